The van der Waals surface area contributed by atoms with E-state index < -0.39 is 17.9 Å². The van der Waals surface area contributed by atoms with Crippen LogP contribution in [0.3, 0.4) is 0 Å². The minimum absolute atomic E-state index is 0.00954. The molecule has 4 N–H and O–H groups in total. The summed E-state index contributed by atoms with van der Waals surface area (Å²) >= 11 is 0. The highest BCUT2D eigenvalue weighted by molar-refractivity contribution is 6.01. The number of urea groups is 1. The predicted octanol–water partition coefficient (Wildman–Crippen LogP) is 4.26. The molecule has 0 aromatic heterocycles. The maximum absolute atomic E-state index is 13.1. The number of hydrogen-bond acceptors (Lipinski definition) is 4. The van der Waals surface area contributed by atoms with Crippen molar-refractivity contribution in [3.8, 4) is 0 Å². The molecule has 4 amide bonds. The van der Waals surface area contributed by atoms with Crippen molar-refractivity contribution in [1.82, 2.24) is 10.6 Å². The second-order valence-electron chi connectivity index (χ2n) is 9.50. The number of amides is 4. The van der Waals surface area contributed by atoms with Crippen LogP contribution in [0.1, 0.15) is 42.5 Å². The molecule has 0 aliphatic carbocycles. The minimum Gasteiger partial charge on any atom is -0.481 e. The number of benzene rings is 3. The highest BCUT2D eigenvalue weighted by Gasteiger charge is 2.36. The lowest BCUT2D eigenvalue weighted by Gasteiger charge is -2.21. The molecule has 0 saturated carbocycles. The number of aliphatic carboxylic acids is 1. The first-order valence-electron chi connectivity index (χ1n) is 12.9. The fourth-order valence-electron chi connectivity index (χ4n) is 4.54. The van der Waals surface area contributed by atoms with Crippen LogP contribution in [-0.2, 0) is 27.3 Å². The van der Waals surface area contributed by atoms with Gasteiger partial charge in [0.2, 0.25) is 11.8 Å². The van der Waals surface area contributed by atoms with Crippen molar-refractivity contribution in [2.45, 2.75) is 38.8 Å². The number of anilines is 2. The SMILES string of the molecule is CCc1ccc(C(CC(=O)O)NC(=O)C2CC(=O)N(c3cccc(NC(=O)NCc4ccccc4)c3)C2)cc1. The van der Waals surface area contributed by atoms with Crippen molar-refractivity contribution in [2.24, 2.45) is 5.92 Å². The third-order valence-corrected chi connectivity index (χ3v) is 6.69. The fraction of sp³-hybridized carbons (Fsp3) is 0.267. The number of rotatable bonds is 10. The van der Waals surface area contributed by atoms with E-state index in [1.54, 1.807) is 24.3 Å². The maximum Gasteiger partial charge on any atom is 0.319 e. The van der Waals surface area contributed by atoms with Gasteiger partial charge in [-0.15, -0.1) is 0 Å². The molecular weight excluding hydrogens is 496 g/mol. The van der Waals surface area contributed by atoms with Crippen LogP contribution in [0.2, 0.25) is 0 Å². The first-order valence-corrected chi connectivity index (χ1v) is 12.9. The van der Waals surface area contributed by atoms with Crippen molar-refractivity contribution in [3.05, 3.63) is 95.6 Å². The molecule has 1 saturated heterocycles. The third-order valence-electron chi connectivity index (χ3n) is 6.69. The summed E-state index contributed by atoms with van der Waals surface area (Å²) in [6.07, 6.45) is 0.600. The molecule has 1 fully saturated rings. The second kappa shape index (κ2) is 12.7. The van der Waals surface area contributed by atoms with Gasteiger partial charge in [-0.2, -0.15) is 0 Å². The van der Waals surface area contributed by atoms with Crippen molar-refractivity contribution < 1.29 is 24.3 Å². The lowest BCUT2D eigenvalue weighted by molar-refractivity contribution is -0.138. The molecule has 202 valence electrons. The zero-order chi connectivity index (χ0) is 27.8. The zero-order valence-electron chi connectivity index (χ0n) is 21.7. The highest BCUT2D eigenvalue weighted by atomic mass is 16.4. The molecule has 9 heteroatoms. The Kier molecular flexibility index (Phi) is 8.94. The Labute approximate surface area is 227 Å². The Hall–Kier alpha value is -4.66. The van der Waals surface area contributed by atoms with Gasteiger partial charge in [-0.1, -0.05) is 67.6 Å². The van der Waals surface area contributed by atoms with Gasteiger partial charge < -0.3 is 26.0 Å². The predicted molar refractivity (Wildman–Crippen MR) is 148 cm³/mol. The number of nitrogens with one attached hydrogen (secondary N) is 3. The Bertz CT molecular complexity index is 1330. The monoisotopic (exact) mass is 528 g/mol. The molecule has 3 aromatic rings. The number of carboxylic acids is 1. The average molecular weight is 529 g/mol. The maximum atomic E-state index is 13.1. The van der Waals surface area contributed by atoms with Gasteiger partial charge >= 0.3 is 12.0 Å². The van der Waals surface area contributed by atoms with Crippen molar-refractivity contribution in [2.75, 3.05) is 16.8 Å². The topological polar surface area (TPSA) is 128 Å². The minimum atomic E-state index is -1.03. The molecule has 9 nitrogen and oxygen atoms in total. The molecular formula is C30H32N4O5. The standard InChI is InChI=1S/C30H32N4O5/c1-2-20-11-13-22(14-12-20)26(17-28(36)37)33-29(38)23-15-27(35)34(19-23)25-10-6-9-24(16-25)32-30(39)31-18-21-7-4-3-5-8-21/h3-14,16,23,26H,2,15,17-19H2,1H3,(H,33,38)(H,36,37)(H2,31,32,39). The first kappa shape index (κ1) is 27.4. The smallest absolute Gasteiger partial charge is 0.319 e. The quantitative estimate of drug-likeness (QED) is 0.313. The van der Waals surface area contributed by atoms with Crippen molar-refractivity contribution in [1.29, 1.82) is 0 Å². The van der Waals surface area contributed by atoms with Gasteiger partial charge in [0.15, 0.2) is 0 Å². The van der Waals surface area contributed by atoms with Gasteiger partial charge in [0.1, 0.15) is 0 Å². The number of carbonyl (C=O) groups is 4. The van der Waals surface area contributed by atoms with Crippen LogP contribution in [0.15, 0.2) is 78.9 Å². The van der Waals surface area contributed by atoms with Crippen LogP contribution in [0.25, 0.3) is 0 Å². The van der Waals surface area contributed by atoms with E-state index in [0.717, 1.165) is 17.5 Å². The summed E-state index contributed by atoms with van der Waals surface area (Å²) in [6.45, 7) is 2.56. The molecule has 1 heterocycles. The van der Waals surface area contributed by atoms with Gasteiger partial charge in [-0.05, 0) is 41.3 Å². The number of aryl methyl sites for hydroxylation is 1. The average Bonchev–Trinajstić information content (AvgIpc) is 3.34. The highest BCUT2D eigenvalue weighted by Crippen LogP contribution is 2.28. The van der Waals surface area contributed by atoms with E-state index >= 15 is 0 Å². The van der Waals surface area contributed by atoms with Gasteiger partial charge in [0.25, 0.3) is 0 Å². The van der Waals surface area contributed by atoms with E-state index in [1.165, 1.54) is 4.90 Å². The molecule has 1 aliphatic heterocycles. The van der Waals surface area contributed by atoms with E-state index in [4.69, 9.17) is 0 Å². The molecule has 2 unspecified atom stereocenters. The summed E-state index contributed by atoms with van der Waals surface area (Å²) in [6, 6.07) is 22.8. The summed E-state index contributed by atoms with van der Waals surface area (Å²) in [5, 5.41) is 17.8. The van der Waals surface area contributed by atoms with E-state index in [-0.39, 0.29) is 37.2 Å². The van der Waals surface area contributed by atoms with Crippen molar-refractivity contribution >= 4 is 35.2 Å². The van der Waals surface area contributed by atoms with Crippen LogP contribution in [0.4, 0.5) is 16.2 Å². The molecule has 0 spiro atoms. The zero-order valence-corrected chi connectivity index (χ0v) is 21.7. The Morgan fingerprint density at radius 3 is 2.41 bits per heavy atom. The summed E-state index contributed by atoms with van der Waals surface area (Å²) in [5.41, 5.74) is 3.86. The van der Waals surface area contributed by atoms with Crippen LogP contribution in [0, 0.1) is 5.92 Å². The third kappa shape index (κ3) is 7.44. The van der Waals surface area contributed by atoms with Gasteiger partial charge in [0, 0.05) is 30.9 Å². The summed E-state index contributed by atoms with van der Waals surface area (Å²) < 4.78 is 0. The number of nitrogens with zero attached hydrogens (tertiary/aromatic N) is 1. The normalized spacial score (nSPS) is 15.5. The lowest BCUT2D eigenvalue weighted by atomic mass is 9.99. The van der Waals surface area contributed by atoms with Crippen LogP contribution < -0.4 is 20.9 Å². The Balaban J connectivity index is 1.38. The van der Waals surface area contributed by atoms with E-state index in [0.29, 0.717) is 23.5 Å². The van der Waals surface area contributed by atoms with E-state index in [2.05, 4.69) is 16.0 Å². The van der Waals surface area contributed by atoms with E-state index in [1.807, 2.05) is 61.5 Å². The number of hydrogen-bond donors (Lipinski definition) is 4. The van der Waals surface area contributed by atoms with Crippen molar-refractivity contribution in [3.63, 3.8) is 0 Å². The molecule has 2 atom stereocenters. The molecule has 4 rings (SSSR count). The lowest BCUT2D eigenvalue weighted by Crippen LogP contribution is -2.36. The number of carboxylic acid groups (broad SMARTS) is 1. The summed E-state index contributed by atoms with van der Waals surface area (Å²) in [7, 11) is 0. The molecule has 3 aromatic carbocycles. The van der Waals surface area contributed by atoms with Crippen LogP contribution in [-0.4, -0.2) is 35.5 Å². The van der Waals surface area contributed by atoms with Crippen LogP contribution >= 0.6 is 0 Å². The fourth-order valence-corrected chi connectivity index (χ4v) is 4.54. The summed E-state index contributed by atoms with van der Waals surface area (Å²) in [5.74, 6) is -2.25. The molecule has 0 bridgehead atoms. The molecule has 1 aliphatic rings. The molecule has 0 radical (unpaired) electrons. The van der Waals surface area contributed by atoms with Gasteiger partial charge in [-0.25, -0.2) is 4.79 Å². The number of carbonyl (C=O) groups excluding carboxylic acids is 3. The summed E-state index contributed by atoms with van der Waals surface area (Å²) in [4.78, 5) is 51.3. The van der Waals surface area contributed by atoms with Crippen LogP contribution in [0.5, 0.6) is 0 Å². The molecule has 39 heavy (non-hydrogen) atoms. The van der Waals surface area contributed by atoms with E-state index in [9.17, 15) is 24.3 Å². The van der Waals surface area contributed by atoms with Gasteiger partial charge in [-0.3, -0.25) is 14.4 Å². The first-order chi connectivity index (χ1) is 18.8. The Morgan fingerprint density at radius 1 is 0.974 bits per heavy atom. The second-order valence-corrected chi connectivity index (χ2v) is 9.50. The van der Waals surface area contributed by atoms with Gasteiger partial charge in [0.05, 0.1) is 18.4 Å². The Morgan fingerprint density at radius 2 is 1.72 bits per heavy atom. The largest absolute Gasteiger partial charge is 0.481 e.